The van der Waals surface area contributed by atoms with Crippen molar-refractivity contribution in [1.29, 1.82) is 0 Å². The zero-order valence-corrected chi connectivity index (χ0v) is 20.0. The Bertz CT molecular complexity index is 600. The molecule has 112 valence electrons. The molecule has 0 heterocycles. The van der Waals surface area contributed by atoms with Crippen molar-refractivity contribution in [2.24, 2.45) is 5.92 Å². The fraction of sp³-hybridized carbons (Fsp3) is 0.500. The van der Waals surface area contributed by atoms with Crippen LogP contribution in [0.5, 0.6) is 0 Å². The molecule has 0 saturated carbocycles. The minimum absolute atomic E-state index is 0. The molecule has 0 bridgehead atoms. The van der Waals surface area contributed by atoms with Crippen molar-refractivity contribution in [3.8, 4) is 0 Å². The third-order valence-electron chi connectivity index (χ3n) is 4.67. The van der Waals surface area contributed by atoms with Crippen LogP contribution in [0.4, 0.5) is 0 Å². The van der Waals surface area contributed by atoms with Crippen molar-refractivity contribution in [2.75, 3.05) is 0 Å². The molecular formula is C16H26Cl2HfSi. The molecule has 0 spiro atoms. The molecule has 0 nitrogen and oxygen atoms in total. The van der Waals surface area contributed by atoms with E-state index >= 15 is 0 Å². The average molecular weight is 496 g/mol. The fourth-order valence-electron chi connectivity index (χ4n) is 3.89. The van der Waals surface area contributed by atoms with Gasteiger partial charge in [0.05, 0.1) is 0 Å². The zero-order chi connectivity index (χ0) is 13.7. The molecule has 0 saturated heterocycles. The first-order valence-corrected chi connectivity index (χ1v) is 26.1. The maximum absolute atomic E-state index is 2.99. The smallest absolute Gasteiger partial charge is 1.00 e. The monoisotopic (exact) mass is 496 g/mol. The summed E-state index contributed by atoms with van der Waals surface area (Å²) < 4.78 is 8.88. The van der Waals surface area contributed by atoms with Crippen molar-refractivity contribution >= 4 is 6.94 Å². The van der Waals surface area contributed by atoms with Crippen LogP contribution in [-0.4, -0.2) is 6.94 Å². The molecule has 2 rings (SSSR count). The van der Waals surface area contributed by atoms with Gasteiger partial charge in [0, 0.05) is 0 Å². The van der Waals surface area contributed by atoms with Crippen LogP contribution in [0.15, 0.2) is 41.6 Å². The van der Waals surface area contributed by atoms with E-state index in [4.69, 9.17) is 0 Å². The second-order valence-corrected chi connectivity index (χ2v) is 48.2. The number of hydrogen-bond donors (Lipinski definition) is 0. The Morgan fingerprint density at radius 2 is 1.65 bits per heavy atom. The molecule has 0 fully saturated rings. The van der Waals surface area contributed by atoms with E-state index in [1.165, 1.54) is 12.0 Å². The Kier molecular flexibility index (Phi) is 6.60. The van der Waals surface area contributed by atoms with Crippen molar-refractivity contribution in [3.63, 3.8) is 0 Å². The predicted octanol–water partition coefficient (Wildman–Crippen LogP) is -1.57. The summed E-state index contributed by atoms with van der Waals surface area (Å²) in [6.07, 6.45) is 8.59. The number of rotatable bonds is 2. The molecule has 0 amide bonds. The van der Waals surface area contributed by atoms with Gasteiger partial charge in [-0.2, -0.15) is 0 Å². The van der Waals surface area contributed by atoms with E-state index in [0.29, 0.717) is 5.92 Å². The quantitative estimate of drug-likeness (QED) is 0.406. The number of hydrogen-bond acceptors (Lipinski definition) is 0. The van der Waals surface area contributed by atoms with Gasteiger partial charge in [-0.05, 0) is 0 Å². The van der Waals surface area contributed by atoms with Gasteiger partial charge in [0.1, 0.15) is 0 Å². The first-order chi connectivity index (χ1) is 8.10. The Labute approximate surface area is 139 Å². The maximum atomic E-state index is 2.63. The van der Waals surface area contributed by atoms with Gasteiger partial charge in [0.15, 0.2) is 0 Å². The van der Waals surface area contributed by atoms with Gasteiger partial charge >= 0.3 is 115 Å². The van der Waals surface area contributed by atoms with Crippen molar-refractivity contribution < 1.29 is 41.9 Å². The van der Waals surface area contributed by atoms with Crippen molar-refractivity contribution in [1.82, 2.24) is 0 Å². The van der Waals surface area contributed by atoms with Crippen LogP contribution in [0.1, 0.15) is 34.1 Å². The number of halogens is 2. The van der Waals surface area contributed by atoms with E-state index in [1.807, 2.05) is 3.33 Å². The second kappa shape index (κ2) is 6.40. The first-order valence-electron chi connectivity index (χ1n) is 6.95. The molecule has 2 aliphatic carbocycles. The fourth-order valence-corrected chi connectivity index (χ4v) is 27.8. The van der Waals surface area contributed by atoms with E-state index in [0.717, 1.165) is 0 Å². The first kappa shape index (κ1) is 20.6. The van der Waals surface area contributed by atoms with Gasteiger partial charge in [0.25, 0.3) is 0 Å². The molecule has 0 N–H and O–H groups in total. The maximum Gasteiger partial charge on any atom is -1.00 e. The molecule has 2 aliphatic rings. The second-order valence-electron chi connectivity index (χ2n) is 7.31. The average Bonchev–Trinajstić information content (AvgIpc) is 2.70. The molecule has 20 heavy (non-hydrogen) atoms. The summed E-state index contributed by atoms with van der Waals surface area (Å²) in [6, 6.07) is 0. The van der Waals surface area contributed by atoms with Gasteiger partial charge in [0.2, 0.25) is 0 Å². The van der Waals surface area contributed by atoms with E-state index in [9.17, 15) is 0 Å². The summed E-state index contributed by atoms with van der Waals surface area (Å²) in [6.45, 7) is 11.6. The van der Waals surface area contributed by atoms with E-state index in [2.05, 4.69) is 62.2 Å². The van der Waals surface area contributed by atoms with Crippen LogP contribution >= 0.6 is 0 Å². The third kappa shape index (κ3) is 3.51. The summed E-state index contributed by atoms with van der Waals surface area (Å²) in [5.41, 5.74) is 4.59. The Morgan fingerprint density at radius 1 is 1.10 bits per heavy atom. The Hall–Kier alpha value is 0.627. The van der Waals surface area contributed by atoms with Gasteiger partial charge in [-0.3, -0.25) is 0 Å². The van der Waals surface area contributed by atoms with Crippen LogP contribution in [0, 0.1) is 5.92 Å². The minimum Gasteiger partial charge on any atom is -1.00 e. The summed E-state index contributed by atoms with van der Waals surface area (Å²) in [5.74, 6) is 0.661. The molecule has 0 aromatic heterocycles. The standard InChI is InChI=1S/2C7H9.2CH3.2ClH.Hf.H2Si/c2*1-6-3-4-7(2)5-6;;;;;;/h5H,3H2,1-2H3;3,5,7H,1-2H3;2*1H3;2*1H;;1H2/q;;;;;;+2;/p-2. The summed E-state index contributed by atoms with van der Waals surface area (Å²) in [7, 11) is 0. The molecule has 0 aliphatic heterocycles. The van der Waals surface area contributed by atoms with Crippen LogP contribution in [-0.2, 0) is 17.1 Å². The van der Waals surface area contributed by atoms with Crippen LogP contribution in [0.25, 0.3) is 0 Å². The Morgan fingerprint density at radius 3 is 2.00 bits per heavy atom. The van der Waals surface area contributed by atoms with Crippen LogP contribution in [0.3, 0.4) is 0 Å². The molecular weight excluding hydrogens is 470 g/mol. The van der Waals surface area contributed by atoms with Gasteiger partial charge in [-0.15, -0.1) is 0 Å². The van der Waals surface area contributed by atoms with Crippen molar-refractivity contribution in [2.45, 2.75) is 43.5 Å². The molecule has 0 aromatic carbocycles. The summed E-state index contributed by atoms with van der Waals surface area (Å²) in [5, 5.41) is 0. The SMILES string of the molecule is CC1=CC(C)[C]([Hf+2]([CH3])([CH3])(=[SiH2])[C]2=C(C)C=C(C)C2)=C1.[Cl-].[Cl-]. The van der Waals surface area contributed by atoms with Crippen LogP contribution in [0.2, 0.25) is 9.36 Å². The van der Waals surface area contributed by atoms with Crippen molar-refractivity contribution in [3.05, 3.63) is 41.6 Å². The van der Waals surface area contributed by atoms with Crippen LogP contribution < -0.4 is 24.8 Å². The molecule has 1 unspecified atom stereocenters. The largest absolute Gasteiger partial charge is 1.00 e. The molecule has 1 atom stereocenters. The Balaban J connectivity index is 0.00000180. The van der Waals surface area contributed by atoms with E-state index in [1.54, 1.807) is 14.5 Å². The van der Waals surface area contributed by atoms with Gasteiger partial charge in [-0.25, -0.2) is 0 Å². The predicted molar refractivity (Wildman–Crippen MR) is 82.4 cm³/mol. The summed E-state index contributed by atoms with van der Waals surface area (Å²) in [4.78, 5) is 0. The summed E-state index contributed by atoms with van der Waals surface area (Å²) >= 11 is -2.99. The molecule has 0 aromatic rings. The van der Waals surface area contributed by atoms with E-state index in [-0.39, 0.29) is 24.8 Å². The third-order valence-corrected chi connectivity index (χ3v) is 29.3. The van der Waals surface area contributed by atoms with E-state index < -0.39 is 17.1 Å². The molecule has 4 heteroatoms. The zero-order valence-electron chi connectivity index (χ0n) is 13.5. The minimum atomic E-state index is -2.99. The van der Waals surface area contributed by atoms with Gasteiger partial charge < -0.3 is 24.8 Å². The topological polar surface area (TPSA) is 0 Å². The van der Waals surface area contributed by atoms with Gasteiger partial charge in [-0.1, -0.05) is 0 Å². The molecule has 0 radical (unpaired) electrons. The number of allylic oxidation sites excluding steroid dienone is 8. The normalized spacial score (nSPS) is 21.5.